The molecule has 8 heteroatoms. The van der Waals surface area contributed by atoms with Gasteiger partial charge in [-0.3, -0.25) is 4.79 Å². The van der Waals surface area contributed by atoms with E-state index in [1.54, 1.807) is 12.1 Å². The molecule has 156 valence electrons. The van der Waals surface area contributed by atoms with E-state index in [4.69, 9.17) is 10.9 Å². The fraction of sp³-hybridized carbons (Fsp3) is 0.136. The van der Waals surface area contributed by atoms with Gasteiger partial charge in [0.1, 0.15) is 5.25 Å². The van der Waals surface area contributed by atoms with Crippen LogP contribution in [0.2, 0.25) is 0 Å². The van der Waals surface area contributed by atoms with Crippen LogP contribution in [0.25, 0.3) is 0 Å². The molecule has 0 aliphatic rings. The molecular weight excluding hydrogens is 418 g/mol. The van der Waals surface area contributed by atoms with E-state index in [-0.39, 0.29) is 10.8 Å². The summed E-state index contributed by atoms with van der Waals surface area (Å²) in [5.41, 5.74) is 8.25. The molecule has 6 nitrogen and oxygen atoms in total. The standard InChI is InChI=1S/C22H23N3O3S2/c23-18-8-10-19(11-9-18)29-21(17-4-2-1-3-5-17)22(26)25-15-14-16-6-12-20(13-7-16)30(24,27)28/h1-13,21H,14-15,23H2,(H,25,26)(H2,24,27,28). The van der Waals surface area contributed by atoms with Crippen molar-refractivity contribution in [2.24, 2.45) is 5.14 Å². The summed E-state index contributed by atoms with van der Waals surface area (Å²) >= 11 is 1.46. The Bertz CT molecular complexity index is 1080. The molecule has 0 spiro atoms. The van der Waals surface area contributed by atoms with E-state index < -0.39 is 15.3 Å². The molecule has 0 saturated heterocycles. The number of anilines is 1. The normalized spacial score (nSPS) is 12.3. The number of hydrogen-bond acceptors (Lipinski definition) is 5. The van der Waals surface area contributed by atoms with Crippen molar-refractivity contribution in [2.75, 3.05) is 12.3 Å². The zero-order chi connectivity index (χ0) is 21.6. The van der Waals surface area contributed by atoms with Crippen molar-refractivity contribution in [3.8, 4) is 0 Å². The fourth-order valence-electron chi connectivity index (χ4n) is 2.85. The van der Waals surface area contributed by atoms with Crippen molar-refractivity contribution < 1.29 is 13.2 Å². The maximum atomic E-state index is 12.9. The lowest BCUT2D eigenvalue weighted by molar-refractivity contribution is -0.120. The van der Waals surface area contributed by atoms with E-state index in [9.17, 15) is 13.2 Å². The van der Waals surface area contributed by atoms with Crippen LogP contribution in [-0.4, -0.2) is 20.9 Å². The van der Waals surface area contributed by atoms with Gasteiger partial charge in [-0.1, -0.05) is 42.5 Å². The quantitative estimate of drug-likeness (QED) is 0.367. The number of thioether (sulfide) groups is 1. The van der Waals surface area contributed by atoms with Gasteiger partial charge >= 0.3 is 0 Å². The van der Waals surface area contributed by atoms with Crippen molar-refractivity contribution in [3.05, 3.63) is 90.0 Å². The van der Waals surface area contributed by atoms with Gasteiger partial charge in [-0.15, -0.1) is 11.8 Å². The second kappa shape index (κ2) is 9.80. The first-order valence-electron chi connectivity index (χ1n) is 9.29. The Balaban J connectivity index is 1.65. The highest BCUT2D eigenvalue weighted by Gasteiger charge is 2.21. The number of nitrogens with two attached hydrogens (primary N) is 2. The first-order chi connectivity index (χ1) is 14.3. The summed E-state index contributed by atoms with van der Waals surface area (Å²) in [6.45, 7) is 0.430. The van der Waals surface area contributed by atoms with Crippen LogP contribution in [0.3, 0.4) is 0 Å². The van der Waals surface area contributed by atoms with Crippen LogP contribution in [0.1, 0.15) is 16.4 Å². The molecule has 0 aromatic heterocycles. The molecule has 0 radical (unpaired) electrons. The van der Waals surface area contributed by atoms with Crippen LogP contribution in [0.15, 0.2) is 88.7 Å². The number of sulfonamides is 1. The van der Waals surface area contributed by atoms with Gasteiger partial charge in [-0.05, 0) is 53.9 Å². The Morgan fingerprint density at radius 3 is 2.17 bits per heavy atom. The molecule has 0 saturated carbocycles. The summed E-state index contributed by atoms with van der Waals surface area (Å²) in [7, 11) is -3.71. The van der Waals surface area contributed by atoms with Crippen molar-refractivity contribution in [2.45, 2.75) is 21.5 Å². The Morgan fingerprint density at radius 2 is 1.57 bits per heavy atom. The average molecular weight is 442 g/mol. The van der Waals surface area contributed by atoms with Gasteiger partial charge in [0.15, 0.2) is 0 Å². The summed E-state index contributed by atoms with van der Waals surface area (Å²) in [6.07, 6.45) is 0.574. The molecule has 0 aliphatic heterocycles. The van der Waals surface area contributed by atoms with Gasteiger partial charge < -0.3 is 11.1 Å². The Kier molecular flexibility index (Phi) is 7.15. The minimum atomic E-state index is -3.71. The van der Waals surface area contributed by atoms with E-state index in [0.29, 0.717) is 18.7 Å². The largest absolute Gasteiger partial charge is 0.399 e. The summed E-state index contributed by atoms with van der Waals surface area (Å²) in [4.78, 5) is 14.0. The third-order valence-electron chi connectivity index (χ3n) is 4.44. The number of amides is 1. The van der Waals surface area contributed by atoms with Crippen LogP contribution < -0.4 is 16.2 Å². The van der Waals surface area contributed by atoms with E-state index in [0.717, 1.165) is 16.0 Å². The number of primary sulfonamides is 1. The van der Waals surface area contributed by atoms with E-state index in [1.807, 2.05) is 54.6 Å². The first kappa shape index (κ1) is 21.9. The Morgan fingerprint density at radius 1 is 0.933 bits per heavy atom. The molecule has 1 atom stereocenters. The summed E-state index contributed by atoms with van der Waals surface area (Å²) < 4.78 is 22.7. The average Bonchev–Trinajstić information content (AvgIpc) is 2.73. The van der Waals surface area contributed by atoms with Crippen LogP contribution >= 0.6 is 11.8 Å². The molecular formula is C22H23N3O3S2. The number of hydrogen-bond donors (Lipinski definition) is 3. The molecule has 1 amide bonds. The molecule has 30 heavy (non-hydrogen) atoms. The smallest absolute Gasteiger partial charge is 0.238 e. The van der Waals surface area contributed by atoms with Crippen molar-refractivity contribution >= 4 is 33.4 Å². The highest BCUT2D eigenvalue weighted by Crippen LogP contribution is 2.35. The van der Waals surface area contributed by atoms with Crippen molar-refractivity contribution in [1.29, 1.82) is 0 Å². The van der Waals surface area contributed by atoms with Crippen LogP contribution in [0, 0.1) is 0 Å². The lowest BCUT2D eigenvalue weighted by atomic mass is 10.1. The molecule has 0 bridgehead atoms. The molecule has 1 unspecified atom stereocenters. The number of nitrogen functional groups attached to an aromatic ring is 1. The molecule has 3 aromatic rings. The predicted molar refractivity (Wildman–Crippen MR) is 120 cm³/mol. The van der Waals surface area contributed by atoms with Gasteiger partial charge in [-0.25, -0.2) is 13.6 Å². The Hall–Kier alpha value is -2.81. The summed E-state index contributed by atoms with van der Waals surface area (Å²) in [5.74, 6) is -0.0934. The molecule has 0 aliphatic carbocycles. The SMILES string of the molecule is Nc1ccc(SC(C(=O)NCCc2ccc(S(N)(=O)=O)cc2)c2ccccc2)cc1. The van der Waals surface area contributed by atoms with E-state index in [1.165, 1.54) is 23.9 Å². The van der Waals surface area contributed by atoms with Crippen molar-refractivity contribution in [3.63, 3.8) is 0 Å². The zero-order valence-corrected chi connectivity index (χ0v) is 17.8. The van der Waals surface area contributed by atoms with Gasteiger partial charge in [0.05, 0.1) is 4.90 Å². The molecule has 3 aromatic carbocycles. The topological polar surface area (TPSA) is 115 Å². The minimum Gasteiger partial charge on any atom is -0.399 e. The van der Waals surface area contributed by atoms with Crippen LogP contribution in [-0.2, 0) is 21.2 Å². The first-order valence-corrected chi connectivity index (χ1v) is 11.7. The number of nitrogens with one attached hydrogen (secondary N) is 1. The van der Waals surface area contributed by atoms with Gasteiger partial charge in [-0.2, -0.15) is 0 Å². The van der Waals surface area contributed by atoms with E-state index in [2.05, 4.69) is 5.32 Å². The minimum absolute atomic E-state index is 0.0688. The number of carbonyl (C=O) groups excluding carboxylic acids is 1. The highest BCUT2D eigenvalue weighted by atomic mass is 32.2. The third-order valence-corrected chi connectivity index (χ3v) is 6.63. The molecule has 3 rings (SSSR count). The van der Waals surface area contributed by atoms with Gasteiger partial charge in [0.25, 0.3) is 0 Å². The number of carbonyl (C=O) groups is 1. The van der Waals surface area contributed by atoms with Crippen LogP contribution in [0.5, 0.6) is 0 Å². The summed E-state index contributed by atoms with van der Waals surface area (Å²) in [6, 6.07) is 23.4. The second-order valence-corrected chi connectivity index (χ2v) is 9.45. The molecule has 0 fully saturated rings. The fourth-order valence-corrected chi connectivity index (χ4v) is 4.42. The zero-order valence-electron chi connectivity index (χ0n) is 16.2. The maximum absolute atomic E-state index is 12.9. The molecule has 5 N–H and O–H groups in total. The monoisotopic (exact) mass is 441 g/mol. The lowest BCUT2D eigenvalue weighted by Crippen LogP contribution is -2.29. The number of benzene rings is 3. The van der Waals surface area contributed by atoms with Gasteiger partial charge in [0, 0.05) is 17.1 Å². The Labute approximate surface area is 180 Å². The second-order valence-electron chi connectivity index (χ2n) is 6.71. The highest BCUT2D eigenvalue weighted by molar-refractivity contribution is 8.00. The van der Waals surface area contributed by atoms with Crippen molar-refractivity contribution in [1.82, 2.24) is 5.32 Å². The van der Waals surface area contributed by atoms with Gasteiger partial charge in [0.2, 0.25) is 15.9 Å². The third kappa shape index (κ3) is 6.09. The maximum Gasteiger partial charge on any atom is 0.238 e. The lowest BCUT2D eigenvalue weighted by Gasteiger charge is -2.17. The van der Waals surface area contributed by atoms with E-state index >= 15 is 0 Å². The molecule has 0 heterocycles. The van der Waals surface area contributed by atoms with Crippen LogP contribution in [0.4, 0.5) is 5.69 Å². The number of rotatable bonds is 8. The predicted octanol–water partition coefficient (Wildman–Crippen LogP) is 3.11. The summed E-state index contributed by atoms with van der Waals surface area (Å²) in [5, 5.41) is 7.69.